The first kappa shape index (κ1) is 14.2. The lowest BCUT2D eigenvalue weighted by atomic mass is 10.2. The van der Waals surface area contributed by atoms with Crippen molar-refractivity contribution in [2.75, 3.05) is 4.72 Å². The third-order valence-corrected chi connectivity index (χ3v) is 4.54. The van der Waals surface area contributed by atoms with Gasteiger partial charge in [0, 0.05) is 5.56 Å². The molecule has 0 bridgehead atoms. The molecule has 22 heavy (non-hydrogen) atoms. The molecule has 0 unspecified atom stereocenters. The molecule has 0 amide bonds. The molecule has 3 aromatic rings. The summed E-state index contributed by atoms with van der Waals surface area (Å²) in [6.07, 6.45) is 0. The number of ketones is 1. The van der Waals surface area contributed by atoms with E-state index in [0.717, 1.165) is 0 Å². The summed E-state index contributed by atoms with van der Waals surface area (Å²) in [5, 5.41) is 10.3. The highest BCUT2D eigenvalue weighted by atomic mass is 32.2. The lowest BCUT2D eigenvalue weighted by Gasteiger charge is -2.08. The van der Waals surface area contributed by atoms with Crippen molar-refractivity contribution in [3.8, 4) is 0 Å². The molecule has 2 N–H and O–H groups in total. The molecule has 0 saturated heterocycles. The molecule has 0 fully saturated rings. The Balaban J connectivity index is 1.96. The van der Waals surface area contributed by atoms with Crippen LogP contribution in [0.5, 0.6) is 0 Å². The highest BCUT2D eigenvalue weighted by Gasteiger charge is 2.17. The maximum absolute atomic E-state index is 12.4. The van der Waals surface area contributed by atoms with Crippen molar-refractivity contribution in [3.63, 3.8) is 0 Å². The summed E-state index contributed by atoms with van der Waals surface area (Å²) in [5.41, 5.74) is 1.79. The van der Waals surface area contributed by atoms with E-state index in [1.165, 1.54) is 31.2 Å². The van der Waals surface area contributed by atoms with E-state index in [-0.39, 0.29) is 10.7 Å². The Morgan fingerprint density at radius 1 is 1.09 bits per heavy atom. The van der Waals surface area contributed by atoms with Crippen molar-refractivity contribution in [1.82, 2.24) is 15.4 Å². The second-order valence-electron chi connectivity index (χ2n) is 4.68. The SMILES string of the molecule is CC(=O)c1ccc(S(=O)(=O)Nc2cccc3n[nH]nc23)cc1. The molecular weight excluding hydrogens is 304 g/mol. The molecule has 112 valence electrons. The van der Waals surface area contributed by atoms with E-state index in [1.807, 2.05) is 0 Å². The Labute approximate surface area is 126 Å². The monoisotopic (exact) mass is 316 g/mol. The molecule has 0 spiro atoms. The number of para-hydroxylation sites is 1. The summed E-state index contributed by atoms with van der Waals surface area (Å²) in [7, 11) is -3.77. The van der Waals surface area contributed by atoms with Gasteiger partial charge in [-0.25, -0.2) is 8.42 Å². The molecular formula is C14H12N4O3S. The maximum atomic E-state index is 12.4. The molecule has 0 aliphatic carbocycles. The number of nitrogens with zero attached hydrogens (tertiary/aromatic N) is 2. The molecule has 0 radical (unpaired) electrons. The lowest BCUT2D eigenvalue weighted by molar-refractivity contribution is 0.101. The number of benzene rings is 2. The van der Waals surface area contributed by atoms with Gasteiger partial charge < -0.3 is 0 Å². The van der Waals surface area contributed by atoms with Gasteiger partial charge in [0.1, 0.15) is 11.0 Å². The fraction of sp³-hybridized carbons (Fsp3) is 0.0714. The number of aromatic amines is 1. The molecule has 0 aliphatic rings. The van der Waals surface area contributed by atoms with E-state index in [0.29, 0.717) is 22.3 Å². The highest BCUT2D eigenvalue weighted by molar-refractivity contribution is 7.92. The molecule has 7 nitrogen and oxygen atoms in total. The largest absolute Gasteiger partial charge is 0.295 e. The number of hydrogen-bond acceptors (Lipinski definition) is 5. The molecule has 0 aliphatic heterocycles. The van der Waals surface area contributed by atoms with Gasteiger partial charge in [0.05, 0.1) is 10.6 Å². The van der Waals surface area contributed by atoms with Crippen LogP contribution < -0.4 is 4.72 Å². The first-order valence-electron chi connectivity index (χ1n) is 6.41. The van der Waals surface area contributed by atoms with E-state index in [1.54, 1.807) is 18.2 Å². The standard InChI is InChI=1S/C14H12N4O3S/c1-9(19)10-5-7-11(8-6-10)22(20,21)17-13-4-2-3-12-14(13)16-18-15-12/h2-8,17H,1H3,(H,15,16,18). The van der Waals surface area contributed by atoms with Crippen LogP contribution in [0.1, 0.15) is 17.3 Å². The zero-order valence-electron chi connectivity index (χ0n) is 11.6. The second-order valence-corrected chi connectivity index (χ2v) is 6.37. The number of Topliss-reactive ketones (excluding diaryl/α,β-unsaturated/α-hetero) is 1. The van der Waals surface area contributed by atoms with Gasteiger partial charge in [0.25, 0.3) is 10.0 Å². The number of sulfonamides is 1. The van der Waals surface area contributed by atoms with Gasteiger partial charge in [-0.1, -0.05) is 18.2 Å². The number of fused-ring (bicyclic) bond motifs is 1. The van der Waals surface area contributed by atoms with Crippen LogP contribution in [0, 0.1) is 0 Å². The molecule has 1 aromatic heterocycles. The fourth-order valence-corrected chi connectivity index (χ4v) is 3.09. The van der Waals surface area contributed by atoms with E-state index in [2.05, 4.69) is 20.1 Å². The average Bonchev–Trinajstić information content (AvgIpc) is 2.96. The number of carbonyl (C=O) groups is 1. The topological polar surface area (TPSA) is 105 Å². The first-order valence-corrected chi connectivity index (χ1v) is 7.89. The zero-order valence-corrected chi connectivity index (χ0v) is 12.4. The van der Waals surface area contributed by atoms with E-state index in [9.17, 15) is 13.2 Å². The summed E-state index contributed by atoms with van der Waals surface area (Å²) in [6.45, 7) is 1.42. The van der Waals surface area contributed by atoms with Gasteiger partial charge in [-0.05, 0) is 31.2 Å². The molecule has 2 aromatic carbocycles. The third kappa shape index (κ3) is 2.56. The number of H-pyrrole nitrogens is 1. The second kappa shape index (κ2) is 5.23. The summed E-state index contributed by atoms with van der Waals surface area (Å²) in [5.74, 6) is -0.121. The Kier molecular flexibility index (Phi) is 3.38. The van der Waals surface area contributed by atoms with Crippen LogP contribution in [-0.2, 0) is 10.0 Å². The predicted octanol–water partition coefficient (Wildman–Crippen LogP) is 1.96. The molecule has 1 heterocycles. The smallest absolute Gasteiger partial charge is 0.261 e. The zero-order chi connectivity index (χ0) is 15.7. The fourth-order valence-electron chi connectivity index (χ4n) is 2.02. The van der Waals surface area contributed by atoms with Crippen molar-refractivity contribution >= 4 is 32.5 Å². The summed E-state index contributed by atoms with van der Waals surface area (Å²) in [4.78, 5) is 11.3. The van der Waals surface area contributed by atoms with E-state index >= 15 is 0 Å². The quantitative estimate of drug-likeness (QED) is 0.716. The maximum Gasteiger partial charge on any atom is 0.261 e. The van der Waals surface area contributed by atoms with E-state index in [4.69, 9.17) is 0 Å². The minimum Gasteiger partial charge on any atom is -0.295 e. The number of aromatic nitrogens is 3. The van der Waals surface area contributed by atoms with Crippen molar-refractivity contribution in [3.05, 3.63) is 48.0 Å². The molecule has 8 heteroatoms. The van der Waals surface area contributed by atoms with Crippen LogP contribution in [0.15, 0.2) is 47.4 Å². The Hall–Kier alpha value is -2.74. The summed E-state index contributed by atoms with van der Waals surface area (Å²) < 4.78 is 27.3. The first-order chi connectivity index (χ1) is 10.5. The van der Waals surface area contributed by atoms with Crippen LogP contribution in [-0.4, -0.2) is 29.6 Å². The third-order valence-electron chi connectivity index (χ3n) is 3.16. The van der Waals surface area contributed by atoms with Crippen LogP contribution in [0.3, 0.4) is 0 Å². The number of rotatable bonds is 4. The van der Waals surface area contributed by atoms with Crippen LogP contribution >= 0.6 is 0 Å². The van der Waals surface area contributed by atoms with Gasteiger partial charge in [-0.3, -0.25) is 9.52 Å². The molecule has 0 atom stereocenters. The number of carbonyl (C=O) groups excluding carboxylic acids is 1. The Bertz CT molecular complexity index is 946. The lowest BCUT2D eigenvalue weighted by Crippen LogP contribution is -2.13. The van der Waals surface area contributed by atoms with Crippen molar-refractivity contribution in [2.45, 2.75) is 11.8 Å². The van der Waals surface area contributed by atoms with Gasteiger partial charge >= 0.3 is 0 Å². The van der Waals surface area contributed by atoms with Crippen molar-refractivity contribution < 1.29 is 13.2 Å². The molecule has 3 rings (SSSR count). The van der Waals surface area contributed by atoms with Crippen molar-refractivity contribution in [2.24, 2.45) is 0 Å². The Morgan fingerprint density at radius 2 is 1.82 bits per heavy atom. The normalized spacial score (nSPS) is 11.5. The highest BCUT2D eigenvalue weighted by Crippen LogP contribution is 2.22. The number of anilines is 1. The summed E-state index contributed by atoms with van der Waals surface area (Å²) >= 11 is 0. The molecule has 0 saturated carbocycles. The Morgan fingerprint density at radius 3 is 2.50 bits per heavy atom. The van der Waals surface area contributed by atoms with Crippen LogP contribution in [0.2, 0.25) is 0 Å². The van der Waals surface area contributed by atoms with Gasteiger partial charge in [0.15, 0.2) is 5.78 Å². The van der Waals surface area contributed by atoms with Crippen LogP contribution in [0.4, 0.5) is 5.69 Å². The van der Waals surface area contributed by atoms with Gasteiger partial charge in [-0.2, -0.15) is 15.4 Å². The van der Waals surface area contributed by atoms with Gasteiger partial charge in [-0.15, -0.1) is 0 Å². The van der Waals surface area contributed by atoms with E-state index < -0.39 is 10.0 Å². The van der Waals surface area contributed by atoms with Crippen LogP contribution in [0.25, 0.3) is 11.0 Å². The van der Waals surface area contributed by atoms with Crippen molar-refractivity contribution in [1.29, 1.82) is 0 Å². The number of hydrogen-bond donors (Lipinski definition) is 2. The van der Waals surface area contributed by atoms with Gasteiger partial charge in [0.2, 0.25) is 0 Å². The number of nitrogens with one attached hydrogen (secondary N) is 2. The predicted molar refractivity (Wildman–Crippen MR) is 81.1 cm³/mol. The minimum absolute atomic E-state index is 0.0676. The summed E-state index contributed by atoms with van der Waals surface area (Å²) in [6, 6.07) is 10.7. The average molecular weight is 316 g/mol. The minimum atomic E-state index is -3.77.